The van der Waals surface area contributed by atoms with Crippen LogP contribution in [0.1, 0.15) is 113 Å². The van der Waals surface area contributed by atoms with Crippen LogP contribution in [0.5, 0.6) is 0 Å². The summed E-state index contributed by atoms with van der Waals surface area (Å²) in [6.07, 6.45) is 11.9. The molecule has 6 rings (SSSR count). The molecule has 0 radical (unpaired) electrons. The van der Waals surface area contributed by atoms with Gasteiger partial charge in [0, 0.05) is 18.3 Å². The van der Waals surface area contributed by atoms with Crippen molar-refractivity contribution < 1.29 is 14.3 Å². The zero-order valence-corrected chi connectivity index (χ0v) is 23.8. The van der Waals surface area contributed by atoms with Crippen LogP contribution in [-0.4, -0.2) is 23.8 Å². The van der Waals surface area contributed by atoms with E-state index in [1.165, 1.54) is 56.9 Å². The number of hydrogen-bond donors (Lipinski definition) is 0. The van der Waals surface area contributed by atoms with E-state index in [4.69, 9.17) is 9.47 Å². The summed E-state index contributed by atoms with van der Waals surface area (Å²) in [5, 5.41) is 0. The summed E-state index contributed by atoms with van der Waals surface area (Å²) in [4.78, 5) is 11.9. The van der Waals surface area contributed by atoms with Crippen LogP contribution in [0.2, 0.25) is 0 Å². The van der Waals surface area contributed by atoms with Gasteiger partial charge >= 0.3 is 5.97 Å². The molecule has 0 aromatic rings. The van der Waals surface area contributed by atoms with Gasteiger partial charge in [0.25, 0.3) is 0 Å². The second kappa shape index (κ2) is 6.97. The van der Waals surface area contributed by atoms with Crippen molar-refractivity contribution >= 4 is 5.97 Å². The zero-order chi connectivity index (χ0) is 25.4. The average molecular weight is 483 g/mol. The highest BCUT2D eigenvalue weighted by molar-refractivity contribution is 5.66. The van der Waals surface area contributed by atoms with Gasteiger partial charge in [-0.15, -0.1) is 0 Å². The third kappa shape index (κ3) is 2.75. The van der Waals surface area contributed by atoms with E-state index in [9.17, 15) is 4.79 Å². The molecule has 0 amide bonds. The molecule has 0 spiro atoms. The first-order valence-electron chi connectivity index (χ1n) is 14.7. The Morgan fingerprint density at radius 1 is 0.857 bits per heavy atom. The summed E-state index contributed by atoms with van der Waals surface area (Å²) in [7, 11) is 0. The summed E-state index contributed by atoms with van der Waals surface area (Å²) in [6, 6.07) is 0. The van der Waals surface area contributed by atoms with Gasteiger partial charge in [-0.05, 0) is 110 Å². The molecule has 5 saturated carbocycles. The van der Waals surface area contributed by atoms with Crippen LogP contribution < -0.4 is 0 Å². The minimum Gasteiger partial charge on any atom is -0.462 e. The van der Waals surface area contributed by atoms with Crippen molar-refractivity contribution in [3.8, 4) is 0 Å². The lowest BCUT2D eigenvalue weighted by Gasteiger charge is -2.73. The number of fused-ring (bicyclic) bond motifs is 9. The second-order valence-corrected chi connectivity index (χ2v) is 15.6. The fraction of sp³-hybridized carbons (Fsp3) is 0.906. The van der Waals surface area contributed by atoms with Crippen LogP contribution in [0.4, 0.5) is 0 Å². The molecule has 11 atom stereocenters. The molecule has 3 heteroatoms. The van der Waals surface area contributed by atoms with Gasteiger partial charge in [-0.1, -0.05) is 48.1 Å². The van der Waals surface area contributed by atoms with E-state index in [1.54, 1.807) is 6.92 Å². The molecule has 0 aromatic carbocycles. The summed E-state index contributed by atoms with van der Waals surface area (Å²) in [5.74, 6) is 2.61. The quantitative estimate of drug-likeness (QED) is 0.230. The Morgan fingerprint density at radius 3 is 2.23 bits per heavy atom. The van der Waals surface area contributed by atoms with Gasteiger partial charge < -0.3 is 9.47 Å². The highest BCUT2D eigenvalue weighted by Gasteiger charge is 2.79. The molecule has 1 saturated heterocycles. The van der Waals surface area contributed by atoms with Gasteiger partial charge in [-0.3, -0.25) is 4.79 Å². The maximum Gasteiger partial charge on any atom is 0.302 e. The molecule has 35 heavy (non-hydrogen) atoms. The highest BCUT2D eigenvalue weighted by Crippen LogP contribution is 2.80. The monoisotopic (exact) mass is 482 g/mol. The maximum atomic E-state index is 11.9. The molecule has 5 aliphatic carbocycles. The number of epoxide rings is 1. The van der Waals surface area contributed by atoms with Crippen molar-refractivity contribution in [2.75, 3.05) is 0 Å². The summed E-state index contributed by atoms with van der Waals surface area (Å²) in [6.45, 7) is 23.7. The van der Waals surface area contributed by atoms with E-state index in [-0.39, 0.29) is 23.1 Å². The van der Waals surface area contributed by atoms with Gasteiger partial charge in [-0.2, -0.15) is 0 Å². The normalized spacial score (nSPS) is 57.6. The van der Waals surface area contributed by atoms with E-state index >= 15 is 0 Å². The molecule has 0 unspecified atom stereocenters. The molecule has 1 heterocycles. The zero-order valence-electron chi connectivity index (χ0n) is 23.8. The largest absolute Gasteiger partial charge is 0.462 e. The lowest BCUT2D eigenvalue weighted by atomic mass is 9.32. The van der Waals surface area contributed by atoms with E-state index in [2.05, 4.69) is 55.0 Å². The smallest absolute Gasteiger partial charge is 0.302 e. The van der Waals surface area contributed by atoms with E-state index < -0.39 is 0 Å². The Labute approximate surface area is 214 Å². The second-order valence-electron chi connectivity index (χ2n) is 15.6. The SMILES string of the molecule is C=C(C)[C@]12O[C@H]1C[C@]1(C)CC[C@]3(C)[C@H](CC[C@@H]4[C@@]5(C)CC[C@H](OC(C)=O)C(C)(C)[C@@H]5CC[C@]43C)[C@H]12. The number of rotatable bonds is 2. The predicted octanol–water partition coefficient (Wildman–Crippen LogP) is 7.73. The van der Waals surface area contributed by atoms with Crippen LogP contribution in [0.15, 0.2) is 12.2 Å². The van der Waals surface area contributed by atoms with Crippen molar-refractivity contribution in [2.24, 2.45) is 50.7 Å². The third-order valence-electron chi connectivity index (χ3n) is 14.1. The summed E-state index contributed by atoms with van der Waals surface area (Å²) < 4.78 is 12.4. The van der Waals surface area contributed by atoms with Crippen molar-refractivity contribution in [1.29, 1.82) is 0 Å². The molecular weight excluding hydrogens is 432 g/mol. The molecule has 6 aliphatic rings. The van der Waals surface area contributed by atoms with Gasteiger partial charge in [0.2, 0.25) is 0 Å². The molecule has 0 N–H and O–H groups in total. The summed E-state index contributed by atoms with van der Waals surface area (Å²) in [5.41, 5.74) is 2.74. The Hall–Kier alpha value is -0.830. The number of ether oxygens (including phenoxy) is 2. The van der Waals surface area contributed by atoms with Crippen LogP contribution in [0.3, 0.4) is 0 Å². The van der Waals surface area contributed by atoms with Crippen molar-refractivity contribution in [3.63, 3.8) is 0 Å². The molecule has 6 fully saturated rings. The minimum absolute atomic E-state index is 0.0323. The van der Waals surface area contributed by atoms with Crippen LogP contribution >= 0.6 is 0 Å². The van der Waals surface area contributed by atoms with Gasteiger partial charge in [0.15, 0.2) is 0 Å². The Kier molecular flexibility index (Phi) is 4.88. The lowest BCUT2D eigenvalue weighted by Crippen LogP contribution is -2.67. The van der Waals surface area contributed by atoms with Crippen LogP contribution in [0, 0.1) is 50.7 Å². The van der Waals surface area contributed by atoms with Crippen molar-refractivity contribution in [3.05, 3.63) is 12.2 Å². The van der Waals surface area contributed by atoms with Gasteiger partial charge in [0.05, 0.1) is 6.10 Å². The molecule has 196 valence electrons. The molecule has 3 nitrogen and oxygen atoms in total. The molecule has 0 aromatic heterocycles. The third-order valence-corrected chi connectivity index (χ3v) is 14.1. The van der Waals surface area contributed by atoms with Crippen LogP contribution in [0.25, 0.3) is 0 Å². The van der Waals surface area contributed by atoms with E-state index in [0.29, 0.717) is 39.6 Å². The molecule has 1 aliphatic heterocycles. The average Bonchev–Trinajstić information content (AvgIpc) is 3.38. The Morgan fingerprint density at radius 2 is 1.57 bits per heavy atom. The Bertz CT molecular complexity index is 968. The van der Waals surface area contributed by atoms with Gasteiger partial charge in [0.1, 0.15) is 11.7 Å². The topological polar surface area (TPSA) is 38.8 Å². The predicted molar refractivity (Wildman–Crippen MR) is 140 cm³/mol. The summed E-state index contributed by atoms with van der Waals surface area (Å²) >= 11 is 0. The standard InChI is InChI=1S/C32H50O3/c1-19(2)32-25(35-32)18-28(6)16-17-30(8)21(26(28)32)10-11-23-29(7)14-13-24(34-20(3)33)27(4,5)22(29)12-15-31(23,30)9/h21-26H,1,10-18H2,2-9H3/t21-,22+,23-,24+,25+,26-,28+,29+,30-,31-,32+/m1/s1. The number of carbonyl (C=O) groups is 1. The fourth-order valence-electron chi connectivity index (χ4n) is 12.3. The first-order chi connectivity index (χ1) is 16.2. The van der Waals surface area contributed by atoms with Crippen LogP contribution in [-0.2, 0) is 14.3 Å². The molecular formula is C32H50O3. The lowest BCUT2D eigenvalue weighted by molar-refractivity contribution is -0.252. The first kappa shape index (κ1) is 24.5. The number of carbonyl (C=O) groups excluding carboxylic acids is 1. The van der Waals surface area contributed by atoms with Gasteiger partial charge in [-0.25, -0.2) is 0 Å². The highest BCUT2D eigenvalue weighted by atomic mass is 16.6. The minimum atomic E-state index is -0.116. The number of hydrogen-bond acceptors (Lipinski definition) is 3. The first-order valence-corrected chi connectivity index (χ1v) is 14.7. The van der Waals surface area contributed by atoms with E-state index in [1.807, 2.05) is 0 Å². The molecule has 0 bridgehead atoms. The maximum absolute atomic E-state index is 11.9. The number of esters is 1. The van der Waals surface area contributed by atoms with Crippen molar-refractivity contribution in [1.82, 2.24) is 0 Å². The fourth-order valence-corrected chi connectivity index (χ4v) is 12.3. The van der Waals surface area contributed by atoms with E-state index in [0.717, 1.165) is 18.3 Å². The Balaban J connectivity index is 1.36. The van der Waals surface area contributed by atoms with Crippen molar-refractivity contribution in [2.45, 2.75) is 131 Å².